The standard InChI is InChI=1S/C21H24ClN5S/c1-2-26-19(16-9-13-23-14-10-16)25-27(20(26)28)15-24-21(11-3-4-12-21)17-5-7-18(22)8-6-17/h5-10,13-14,24H,2-4,11-12,15H2,1H3. The average molecular weight is 414 g/mol. The van der Waals surface area contributed by atoms with Crippen molar-refractivity contribution in [1.29, 1.82) is 0 Å². The van der Waals surface area contributed by atoms with Gasteiger partial charge in [0.25, 0.3) is 0 Å². The summed E-state index contributed by atoms with van der Waals surface area (Å²) in [5, 5.41) is 9.35. The van der Waals surface area contributed by atoms with Gasteiger partial charge in [0.1, 0.15) is 0 Å². The van der Waals surface area contributed by atoms with Crippen LogP contribution in [-0.2, 0) is 18.8 Å². The van der Waals surface area contributed by atoms with E-state index in [1.165, 1.54) is 18.4 Å². The zero-order valence-electron chi connectivity index (χ0n) is 15.9. The van der Waals surface area contributed by atoms with Gasteiger partial charge < -0.3 is 4.57 Å². The second-order valence-electron chi connectivity index (χ2n) is 7.22. The lowest BCUT2D eigenvalue weighted by molar-refractivity contribution is 0.297. The molecule has 2 heterocycles. The SMILES string of the molecule is CCn1c(-c2ccncc2)nn(CNC2(c3ccc(Cl)cc3)CCCC2)c1=S. The molecule has 0 saturated heterocycles. The number of halogens is 1. The van der Waals surface area contributed by atoms with Crippen molar-refractivity contribution >= 4 is 23.8 Å². The molecule has 0 amide bonds. The van der Waals surface area contributed by atoms with Crippen molar-refractivity contribution in [2.24, 2.45) is 0 Å². The van der Waals surface area contributed by atoms with Gasteiger partial charge in [-0.25, -0.2) is 4.68 Å². The van der Waals surface area contributed by atoms with Crippen LogP contribution < -0.4 is 5.32 Å². The average Bonchev–Trinajstić information content (AvgIpc) is 3.33. The molecule has 1 aliphatic rings. The van der Waals surface area contributed by atoms with Crippen molar-refractivity contribution in [1.82, 2.24) is 24.6 Å². The molecule has 0 atom stereocenters. The maximum Gasteiger partial charge on any atom is 0.199 e. The maximum absolute atomic E-state index is 6.10. The third-order valence-electron chi connectivity index (χ3n) is 5.60. The summed E-state index contributed by atoms with van der Waals surface area (Å²) < 4.78 is 4.69. The molecule has 1 saturated carbocycles. The first-order valence-corrected chi connectivity index (χ1v) is 10.5. The Morgan fingerprint density at radius 2 is 1.79 bits per heavy atom. The zero-order valence-corrected chi connectivity index (χ0v) is 17.5. The molecule has 7 heteroatoms. The first-order valence-electron chi connectivity index (χ1n) is 9.72. The normalized spacial score (nSPS) is 15.8. The molecule has 1 aliphatic carbocycles. The van der Waals surface area contributed by atoms with Gasteiger partial charge in [0.15, 0.2) is 10.6 Å². The minimum absolute atomic E-state index is 0.0494. The second kappa shape index (κ2) is 8.15. The Labute approximate surface area is 175 Å². The van der Waals surface area contributed by atoms with Gasteiger partial charge in [0, 0.05) is 35.1 Å². The number of nitrogens with one attached hydrogen (secondary N) is 1. The van der Waals surface area contributed by atoms with E-state index >= 15 is 0 Å². The summed E-state index contributed by atoms with van der Waals surface area (Å²) in [6, 6.07) is 12.1. The molecule has 0 aliphatic heterocycles. The summed E-state index contributed by atoms with van der Waals surface area (Å²) in [6.45, 7) is 3.44. The highest BCUT2D eigenvalue weighted by molar-refractivity contribution is 7.71. The molecule has 5 nitrogen and oxygen atoms in total. The lowest BCUT2D eigenvalue weighted by atomic mass is 9.88. The molecule has 3 aromatic rings. The molecule has 0 unspecified atom stereocenters. The van der Waals surface area contributed by atoms with Crippen molar-refractivity contribution in [2.45, 2.75) is 51.4 Å². The molecule has 28 heavy (non-hydrogen) atoms. The topological polar surface area (TPSA) is 47.7 Å². The Kier molecular flexibility index (Phi) is 5.62. The van der Waals surface area contributed by atoms with E-state index < -0.39 is 0 Å². The van der Waals surface area contributed by atoms with E-state index in [1.54, 1.807) is 12.4 Å². The molecule has 2 aromatic heterocycles. The predicted octanol–water partition coefficient (Wildman–Crippen LogP) is 5.17. The number of aromatic nitrogens is 4. The molecule has 1 aromatic carbocycles. The van der Waals surface area contributed by atoms with Crippen molar-refractivity contribution in [3.8, 4) is 11.4 Å². The molecular formula is C21H24ClN5S. The number of pyridine rings is 1. The summed E-state index contributed by atoms with van der Waals surface area (Å²) in [5.41, 5.74) is 2.26. The number of nitrogens with zero attached hydrogens (tertiary/aromatic N) is 4. The van der Waals surface area contributed by atoms with Gasteiger partial charge in [-0.15, -0.1) is 0 Å². The lowest BCUT2D eigenvalue weighted by Crippen LogP contribution is -2.41. The van der Waals surface area contributed by atoms with Gasteiger partial charge in [0.05, 0.1) is 6.67 Å². The second-order valence-corrected chi connectivity index (χ2v) is 8.02. The summed E-state index contributed by atoms with van der Waals surface area (Å²) in [4.78, 5) is 4.10. The first kappa shape index (κ1) is 19.3. The summed E-state index contributed by atoms with van der Waals surface area (Å²) in [6.07, 6.45) is 8.20. The smallest absolute Gasteiger partial charge is 0.199 e. The molecule has 0 spiro atoms. The minimum atomic E-state index is -0.0494. The molecule has 0 radical (unpaired) electrons. The van der Waals surface area contributed by atoms with Crippen LogP contribution in [0.1, 0.15) is 38.2 Å². The van der Waals surface area contributed by atoms with Gasteiger partial charge in [-0.2, -0.15) is 5.10 Å². The highest BCUT2D eigenvalue weighted by atomic mass is 35.5. The van der Waals surface area contributed by atoms with E-state index in [9.17, 15) is 0 Å². The fourth-order valence-electron chi connectivity index (χ4n) is 4.08. The van der Waals surface area contributed by atoms with Crippen LogP contribution >= 0.6 is 23.8 Å². The Bertz CT molecular complexity index is 988. The Morgan fingerprint density at radius 1 is 1.11 bits per heavy atom. The largest absolute Gasteiger partial charge is 0.300 e. The van der Waals surface area contributed by atoms with Gasteiger partial charge in [0.2, 0.25) is 0 Å². The number of hydrogen-bond acceptors (Lipinski definition) is 4. The Balaban J connectivity index is 1.63. The summed E-state index contributed by atoms with van der Waals surface area (Å²) in [7, 11) is 0. The molecular weight excluding hydrogens is 390 g/mol. The van der Waals surface area contributed by atoms with Crippen LogP contribution in [0.25, 0.3) is 11.4 Å². The zero-order chi connectivity index (χ0) is 19.6. The minimum Gasteiger partial charge on any atom is -0.300 e. The fourth-order valence-corrected chi connectivity index (χ4v) is 4.53. The van der Waals surface area contributed by atoms with Gasteiger partial charge in [-0.1, -0.05) is 36.6 Å². The van der Waals surface area contributed by atoms with E-state index in [-0.39, 0.29) is 5.54 Å². The third-order valence-corrected chi connectivity index (χ3v) is 6.28. The fraction of sp³-hybridized carbons (Fsp3) is 0.381. The van der Waals surface area contributed by atoms with Crippen molar-refractivity contribution in [2.75, 3.05) is 0 Å². The van der Waals surface area contributed by atoms with Crippen LogP contribution in [-0.4, -0.2) is 19.3 Å². The summed E-state index contributed by atoms with van der Waals surface area (Å²) >= 11 is 11.8. The first-order chi connectivity index (χ1) is 13.6. The van der Waals surface area contributed by atoms with E-state index in [0.29, 0.717) is 6.67 Å². The molecule has 146 valence electrons. The molecule has 1 fully saturated rings. The van der Waals surface area contributed by atoms with E-state index in [4.69, 9.17) is 28.9 Å². The molecule has 1 N–H and O–H groups in total. The Hall–Kier alpha value is -2.02. The van der Waals surface area contributed by atoms with Crippen LogP contribution in [0.4, 0.5) is 0 Å². The van der Waals surface area contributed by atoms with Crippen LogP contribution in [0.5, 0.6) is 0 Å². The van der Waals surface area contributed by atoms with Crippen LogP contribution in [0.2, 0.25) is 5.02 Å². The van der Waals surface area contributed by atoms with Crippen molar-refractivity contribution < 1.29 is 0 Å². The van der Waals surface area contributed by atoms with Crippen molar-refractivity contribution in [3.63, 3.8) is 0 Å². The monoisotopic (exact) mass is 413 g/mol. The van der Waals surface area contributed by atoms with Crippen LogP contribution in [0, 0.1) is 4.77 Å². The molecule has 0 bridgehead atoms. The van der Waals surface area contributed by atoms with E-state index in [2.05, 4.69) is 33.9 Å². The third kappa shape index (κ3) is 3.64. The molecule has 4 rings (SSSR count). The number of benzene rings is 1. The maximum atomic E-state index is 6.10. The Morgan fingerprint density at radius 3 is 2.43 bits per heavy atom. The highest BCUT2D eigenvalue weighted by Crippen LogP contribution is 2.39. The quantitative estimate of drug-likeness (QED) is 0.566. The van der Waals surface area contributed by atoms with Crippen molar-refractivity contribution in [3.05, 3.63) is 64.1 Å². The predicted molar refractivity (Wildman–Crippen MR) is 115 cm³/mol. The van der Waals surface area contributed by atoms with E-state index in [0.717, 1.165) is 40.6 Å². The highest BCUT2D eigenvalue weighted by Gasteiger charge is 2.35. The van der Waals surface area contributed by atoms with Gasteiger partial charge >= 0.3 is 0 Å². The number of rotatable bonds is 6. The van der Waals surface area contributed by atoms with Gasteiger partial charge in [-0.3, -0.25) is 10.3 Å². The summed E-state index contributed by atoms with van der Waals surface area (Å²) in [5.74, 6) is 0.878. The van der Waals surface area contributed by atoms with Crippen LogP contribution in [0.15, 0.2) is 48.8 Å². The van der Waals surface area contributed by atoms with Gasteiger partial charge in [-0.05, 0) is 61.8 Å². The number of hydrogen-bond donors (Lipinski definition) is 1. The van der Waals surface area contributed by atoms with Crippen LogP contribution in [0.3, 0.4) is 0 Å². The lowest BCUT2D eigenvalue weighted by Gasteiger charge is -2.31. The van der Waals surface area contributed by atoms with E-state index in [1.807, 2.05) is 28.9 Å².